The molecule has 0 N–H and O–H groups in total. The van der Waals surface area contributed by atoms with Crippen LogP contribution in [0.5, 0.6) is 0 Å². The summed E-state index contributed by atoms with van der Waals surface area (Å²) in [5.41, 5.74) is 0. The average molecular weight is 415 g/mol. The van der Waals surface area contributed by atoms with Crippen molar-refractivity contribution >= 4 is 23.8 Å². The van der Waals surface area contributed by atoms with Crippen molar-refractivity contribution in [3.63, 3.8) is 0 Å². The van der Waals surface area contributed by atoms with Gasteiger partial charge in [-0.15, -0.1) is 13.2 Å². The van der Waals surface area contributed by atoms with Crippen LogP contribution >= 0.6 is 0 Å². The molecular formula is C21H30NNaO6. The summed E-state index contributed by atoms with van der Waals surface area (Å²) >= 11 is 0. The van der Waals surface area contributed by atoms with Gasteiger partial charge in [0.2, 0.25) is 11.8 Å². The van der Waals surface area contributed by atoms with Gasteiger partial charge in [0, 0.05) is 12.8 Å². The number of allylic oxidation sites excluding steroid dienone is 2. The SMILES string of the molecule is C=CCCCCC(=O)N(C(=O)CCCCC=C)C(CC(=O)OCC=C)C(=O)[O-].[Na+]. The monoisotopic (exact) mass is 415 g/mol. The molecule has 8 heteroatoms. The minimum Gasteiger partial charge on any atom is -0.548 e. The smallest absolute Gasteiger partial charge is 0.548 e. The fourth-order valence-corrected chi connectivity index (χ4v) is 2.51. The molecule has 0 spiro atoms. The molecular weight excluding hydrogens is 385 g/mol. The van der Waals surface area contributed by atoms with Crippen LogP contribution in [0.4, 0.5) is 0 Å². The second-order valence-electron chi connectivity index (χ2n) is 6.24. The van der Waals surface area contributed by atoms with Gasteiger partial charge in [-0.3, -0.25) is 19.3 Å². The Balaban J connectivity index is 0. The van der Waals surface area contributed by atoms with Crippen LogP contribution in [0.2, 0.25) is 0 Å². The molecule has 7 nitrogen and oxygen atoms in total. The molecule has 0 aliphatic carbocycles. The number of rotatable bonds is 16. The zero-order valence-corrected chi connectivity index (χ0v) is 19.4. The number of unbranched alkanes of at least 4 members (excludes halogenated alkanes) is 4. The van der Waals surface area contributed by atoms with Crippen LogP contribution in [0.3, 0.4) is 0 Å². The summed E-state index contributed by atoms with van der Waals surface area (Å²) in [7, 11) is 0. The van der Waals surface area contributed by atoms with E-state index in [0.717, 1.165) is 0 Å². The van der Waals surface area contributed by atoms with Crippen molar-refractivity contribution in [2.75, 3.05) is 6.61 Å². The normalized spacial score (nSPS) is 10.8. The maximum atomic E-state index is 12.6. The number of imide groups is 1. The fourth-order valence-electron chi connectivity index (χ4n) is 2.51. The molecule has 0 aromatic rings. The predicted molar refractivity (Wildman–Crippen MR) is 104 cm³/mol. The van der Waals surface area contributed by atoms with Gasteiger partial charge in [-0.1, -0.05) is 24.8 Å². The summed E-state index contributed by atoms with van der Waals surface area (Å²) in [5.74, 6) is -3.79. The van der Waals surface area contributed by atoms with Crippen molar-refractivity contribution < 1.29 is 58.6 Å². The molecule has 0 saturated heterocycles. The number of hydrogen-bond donors (Lipinski definition) is 0. The number of amides is 2. The molecule has 0 aromatic carbocycles. The van der Waals surface area contributed by atoms with Crippen LogP contribution in [0, 0.1) is 0 Å². The summed E-state index contributed by atoms with van der Waals surface area (Å²) in [5, 5.41) is 11.6. The van der Waals surface area contributed by atoms with Gasteiger partial charge in [0.15, 0.2) is 0 Å². The Morgan fingerprint density at radius 2 is 1.34 bits per heavy atom. The quantitative estimate of drug-likeness (QED) is 0.140. The first-order chi connectivity index (χ1) is 13.4. The summed E-state index contributed by atoms with van der Waals surface area (Å²) in [6.45, 7) is 10.5. The van der Waals surface area contributed by atoms with Crippen molar-refractivity contribution in [1.29, 1.82) is 0 Å². The number of nitrogens with zero attached hydrogens (tertiary/aromatic N) is 1. The molecule has 1 unspecified atom stereocenters. The van der Waals surface area contributed by atoms with Crippen LogP contribution in [-0.4, -0.2) is 41.3 Å². The van der Waals surface area contributed by atoms with Crippen LogP contribution in [0.25, 0.3) is 0 Å². The summed E-state index contributed by atoms with van der Waals surface area (Å²) < 4.78 is 4.79. The number of carboxylic acid groups (broad SMARTS) is 1. The first-order valence-electron chi connectivity index (χ1n) is 9.43. The second kappa shape index (κ2) is 18.3. The van der Waals surface area contributed by atoms with Crippen molar-refractivity contribution in [1.82, 2.24) is 4.90 Å². The maximum absolute atomic E-state index is 12.6. The van der Waals surface area contributed by atoms with E-state index >= 15 is 0 Å². The van der Waals surface area contributed by atoms with E-state index in [1.165, 1.54) is 6.08 Å². The van der Waals surface area contributed by atoms with E-state index in [9.17, 15) is 24.3 Å². The zero-order chi connectivity index (χ0) is 21.4. The average Bonchev–Trinajstić information content (AvgIpc) is 2.66. The number of ether oxygens (including phenoxy) is 1. The molecule has 0 aromatic heterocycles. The van der Waals surface area contributed by atoms with Crippen LogP contribution < -0.4 is 34.7 Å². The number of aliphatic carboxylic acids is 1. The molecule has 0 aliphatic heterocycles. The van der Waals surface area contributed by atoms with Gasteiger partial charge in [0.25, 0.3) is 0 Å². The zero-order valence-electron chi connectivity index (χ0n) is 17.4. The topological polar surface area (TPSA) is 104 Å². The van der Waals surface area contributed by atoms with Crippen LogP contribution in [0.15, 0.2) is 38.0 Å². The molecule has 0 heterocycles. The van der Waals surface area contributed by atoms with E-state index in [-0.39, 0.29) is 49.0 Å². The number of hydrogen-bond acceptors (Lipinski definition) is 6. The first-order valence-corrected chi connectivity index (χ1v) is 9.43. The van der Waals surface area contributed by atoms with E-state index < -0.39 is 36.2 Å². The third kappa shape index (κ3) is 13.2. The molecule has 1 atom stereocenters. The Morgan fingerprint density at radius 1 is 0.862 bits per heavy atom. The number of esters is 1. The van der Waals surface area contributed by atoms with E-state index in [1.807, 2.05) is 0 Å². The molecule has 0 radical (unpaired) electrons. The molecule has 0 bridgehead atoms. The first kappa shape index (κ1) is 29.5. The molecule has 156 valence electrons. The molecule has 2 amide bonds. The molecule has 0 rings (SSSR count). The van der Waals surface area contributed by atoms with Crippen molar-refractivity contribution in [3.05, 3.63) is 38.0 Å². The van der Waals surface area contributed by atoms with E-state index in [0.29, 0.717) is 43.4 Å². The van der Waals surface area contributed by atoms with Gasteiger partial charge in [0.1, 0.15) is 6.61 Å². The molecule has 0 fully saturated rings. The summed E-state index contributed by atoms with van der Waals surface area (Å²) in [6.07, 6.45) is 7.85. The van der Waals surface area contributed by atoms with Crippen molar-refractivity contribution in [3.8, 4) is 0 Å². The molecule has 29 heavy (non-hydrogen) atoms. The number of carbonyl (C=O) groups is 4. The number of carboxylic acids is 1. The summed E-state index contributed by atoms with van der Waals surface area (Å²) in [6, 6.07) is -1.70. The summed E-state index contributed by atoms with van der Waals surface area (Å²) in [4.78, 5) is 49.3. The van der Waals surface area contributed by atoms with E-state index in [2.05, 4.69) is 19.7 Å². The molecule has 0 aliphatic rings. The van der Waals surface area contributed by atoms with Crippen molar-refractivity contribution in [2.24, 2.45) is 0 Å². The number of carbonyl (C=O) groups excluding carboxylic acids is 4. The van der Waals surface area contributed by atoms with Crippen LogP contribution in [-0.2, 0) is 23.9 Å². The van der Waals surface area contributed by atoms with Gasteiger partial charge >= 0.3 is 35.5 Å². The maximum Gasteiger partial charge on any atom is 1.00 e. The Kier molecular flexibility index (Phi) is 18.7. The molecule has 0 saturated carbocycles. The fraction of sp³-hybridized carbons (Fsp3) is 0.524. The Hall–Kier alpha value is -1.70. The third-order valence-corrected chi connectivity index (χ3v) is 3.94. The van der Waals surface area contributed by atoms with Gasteiger partial charge in [-0.25, -0.2) is 0 Å². The van der Waals surface area contributed by atoms with Crippen LogP contribution in [0.1, 0.15) is 57.8 Å². The third-order valence-electron chi connectivity index (χ3n) is 3.94. The van der Waals surface area contributed by atoms with E-state index in [1.54, 1.807) is 12.2 Å². The van der Waals surface area contributed by atoms with Gasteiger partial charge < -0.3 is 14.6 Å². The Bertz CT molecular complexity index is 548. The minimum atomic E-state index is -1.70. The van der Waals surface area contributed by atoms with E-state index in [4.69, 9.17) is 4.74 Å². The largest absolute Gasteiger partial charge is 1.00 e. The second-order valence-corrected chi connectivity index (χ2v) is 6.24. The minimum absolute atomic E-state index is 0. The Morgan fingerprint density at radius 3 is 1.72 bits per heavy atom. The van der Waals surface area contributed by atoms with Gasteiger partial charge in [0.05, 0.1) is 18.4 Å². The Labute approximate surface area is 195 Å². The van der Waals surface area contributed by atoms with Crippen molar-refractivity contribution in [2.45, 2.75) is 63.8 Å². The predicted octanol–water partition coefficient (Wildman–Crippen LogP) is -0.924. The van der Waals surface area contributed by atoms with Gasteiger partial charge in [-0.2, -0.15) is 0 Å². The van der Waals surface area contributed by atoms with Gasteiger partial charge in [-0.05, 0) is 38.5 Å². The standard InChI is InChI=1S/C21H31NO6.Na/c1-4-7-9-11-13-18(23)22(19(24)14-12-10-8-5-2)17(21(26)27)16-20(25)28-15-6-3;/h4-6,17H,1-3,7-16H2,(H,26,27);/q;+1/p-1.